The number of nitrogens with one attached hydrogen (secondary N) is 1. The maximum Gasteiger partial charge on any atom is 0.281 e. The smallest absolute Gasteiger partial charge is 0.281 e. The van der Waals surface area contributed by atoms with Crippen LogP contribution in [0.15, 0.2) is 35.4 Å². The van der Waals surface area contributed by atoms with Gasteiger partial charge in [0.25, 0.3) is 5.91 Å². The lowest BCUT2D eigenvalue weighted by Crippen LogP contribution is -2.18. The average Bonchev–Trinajstić information content (AvgIpc) is 2.96. The molecule has 0 spiro atoms. The second kappa shape index (κ2) is 6.54. The molecule has 5 heteroatoms. The van der Waals surface area contributed by atoms with E-state index >= 15 is 0 Å². The number of hydrazone groups is 1. The number of fused-ring (bicyclic) bond motifs is 1. The summed E-state index contributed by atoms with van der Waals surface area (Å²) in [4.78, 5) is 14.4. The fourth-order valence-corrected chi connectivity index (χ4v) is 3.87. The summed E-state index contributed by atoms with van der Waals surface area (Å²) in [5.41, 5.74) is 5.51. The van der Waals surface area contributed by atoms with Gasteiger partial charge in [0.1, 0.15) is 5.75 Å². The Bertz CT molecular complexity index is 747. The van der Waals surface area contributed by atoms with Crippen molar-refractivity contribution in [3.63, 3.8) is 0 Å². The van der Waals surface area contributed by atoms with Gasteiger partial charge in [0.2, 0.25) is 0 Å². The number of aromatic hydroxyl groups is 1. The Kier molecular flexibility index (Phi) is 4.48. The lowest BCUT2D eigenvalue weighted by molar-refractivity contribution is 0.0959. The first kappa shape index (κ1) is 15.7. The zero-order chi connectivity index (χ0) is 16.4. The van der Waals surface area contributed by atoms with Crippen LogP contribution in [0.2, 0.25) is 0 Å². The molecule has 2 N–H and O–H groups in total. The van der Waals surface area contributed by atoms with E-state index in [9.17, 15) is 9.90 Å². The largest absolute Gasteiger partial charge is 0.508 e. The van der Waals surface area contributed by atoms with Crippen LogP contribution in [0.3, 0.4) is 0 Å². The Balaban J connectivity index is 1.69. The highest BCUT2D eigenvalue weighted by Crippen LogP contribution is 2.32. The first-order valence-corrected chi connectivity index (χ1v) is 8.60. The van der Waals surface area contributed by atoms with E-state index in [1.165, 1.54) is 16.9 Å². The van der Waals surface area contributed by atoms with E-state index < -0.39 is 0 Å². The molecule has 1 atom stereocenters. The van der Waals surface area contributed by atoms with Crippen molar-refractivity contribution in [2.75, 3.05) is 0 Å². The summed E-state index contributed by atoms with van der Waals surface area (Å²) in [7, 11) is 0. The molecule has 1 heterocycles. The Morgan fingerprint density at radius 2 is 2.09 bits per heavy atom. The number of aryl methyl sites for hydroxylation is 1. The van der Waals surface area contributed by atoms with Crippen LogP contribution >= 0.6 is 11.3 Å². The van der Waals surface area contributed by atoms with E-state index in [0.29, 0.717) is 11.6 Å². The number of carbonyl (C=O) groups is 1. The Morgan fingerprint density at radius 3 is 2.83 bits per heavy atom. The van der Waals surface area contributed by atoms with E-state index in [-0.39, 0.29) is 11.7 Å². The van der Waals surface area contributed by atoms with Gasteiger partial charge in [-0.1, -0.05) is 6.92 Å². The van der Waals surface area contributed by atoms with Gasteiger partial charge in [0.05, 0.1) is 10.6 Å². The molecule has 0 radical (unpaired) electrons. The van der Waals surface area contributed by atoms with Crippen molar-refractivity contribution >= 4 is 23.0 Å². The monoisotopic (exact) mass is 328 g/mol. The van der Waals surface area contributed by atoms with Crippen LogP contribution in [0.25, 0.3) is 0 Å². The van der Waals surface area contributed by atoms with Gasteiger partial charge in [-0.05, 0) is 73.6 Å². The van der Waals surface area contributed by atoms with Gasteiger partial charge in [-0.3, -0.25) is 4.79 Å². The second-order valence-corrected chi connectivity index (χ2v) is 7.23. The second-order valence-electron chi connectivity index (χ2n) is 6.09. The summed E-state index contributed by atoms with van der Waals surface area (Å²) < 4.78 is 0. The summed E-state index contributed by atoms with van der Waals surface area (Å²) >= 11 is 1.58. The number of thiophene rings is 1. The number of nitrogens with zero attached hydrogens (tertiary/aromatic N) is 1. The number of amides is 1. The Labute approximate surface area is 139 Å². The van der Waals surface area contributed by atoms with Gasteiger partial charge in [0.15, 0.2) is 0 Å². The quantitative estimate of drug-likeness (QED) is 0.666. The Hall–Kier alpha value is -2.14. The number of benzene rings is 1. The minimum atomic E-state index is -0.157. The molecule has 0 aliphatic heterocycles. The molecular formula is C18H20N2O2S. The van der Waals surface area contributed by atoms with Gasteiger partial charge < -0.3 is 5.11 Å². The molecule has 0 bridgehead atoms. The zero-order valence-electron chi connectivity index (χ0n) is 13.3. The van der Waals surface area contributed by atoms with Crippen molar-refractivity contribution in [2.45, 2.75) is 33.1 Å². The van der Waals surface area contributed by atoms with Crippen molar-refractivity contribution in [3.05, 3.63) is 51.2 Å². The maximum absolute atomic E-state index is 12.3. The van der Waals surface area contributed by atoms with Crippen LogP contribution < -0.4 is 5.43 Å². The van der Waals surface area contributed by atoms with Crippen LogP contribution in [-0.4, -0.2) is 16.7 Å². The standard InChI is InChI=1S/C18H20N2O2S/c1-11-3-8-16-14(9-11)10-17(23-16)18(22)20-19-12(2)13-4-6-15(21)7-5-13/h4-7,10-11,21H,3,8-9H2,1-2H3,(H,20,22)/b19-12+. The van der Waals surface area contributed by atoms with Crippen LogP contribution in [0.4, 0.5) is 0 Å². The molecule has 1 aliphatic rings. The number of carbonyl (C=O) groups excluding carboxylic acids is 1. The highest BCUT2D eigenvalue weighted by Gasteiger charge is 2.20. The van der Waals surface area contributed by atoms with Gasteiger partial charge in [-0.15, -0.1) is 11.3 Å². The van der Waals surface area contributed by atoms with Gasteiger partial charge in [0, 0.05) is 4.88 Å². The van der Waals surface area contributed by atoms with Crippen molar-refractivity contribution in [3.8, 4) is 5.75 Å². The topological polar surface area (TPSA) is 61.7 Å². The maximum atomic E-state index is 12.3. The highest BCUT2D eigenvalue weighted by atomic mass is 32.1. The fraction of sp³-hybridized carbons (Fsp3) is 0.333. The third-order valence-corrected chi connectivity index (χ3v) is 5.40. The summed E-state index contributed by atoms with van der Waals surface area (Å²) in [6.45, 7) is 4.08. The highest BCUT2D eigenvalue weighted by molar-refractivity contribution is 7.14. The lowest BCUT2D eigenvalue weighted by atomic mass is 9.90. The molecule has 4 nitrogen and oxygen atoms in total. The molecule has 2 aromatic rings. The first-order chi connectivity index (χ1) is 11.0. The molecule has 0 fully saturated rings. The molecule has 1 unspecified atom stereocenters. The van der Waals surface area contributed by atoms with E-state index in [0.717, 1.165) is 23.3 Å². The molecular weight excluding hydrogens is 308 g/mol. The van der Waals surface area contributed by atoms with Crippen LogP contribution in [0, 0.1) is 5.92 Å². The number of hydrogen-bond acceptors (Lipinski definition) is 4. The van der Waals surface area contributed by atoms with Crippen molar-refractivity contribution in [2.24, 2.45) is 11.0 Å². The van der Waals surface area contributed by atoms with E-state index in [1.807, 2.05) is 13.0 Å². The number of phenols is 1. The number of rotatable bonds is 3. The average molecular weight is 328 g/mol. The number of phenolic OH excluding ortho intramolecular Hbond substituents is 1. The first-order valence-electron chi connectivity index (χ1n) is 7.78. The van der Waals surface area contributed by atoms with E-state index in [1.54, 1.807) is 35.6 Å². The summed E-state index contributed by atoms with van der Waals surface area (Å²) in [5.74, 6) is 0.752. The van der Waals surface area contributed by atoms with Gasteiger partial charge in [-0.2, -0.15) is 5.10 Å². The van der Waals surface area contributed by atoms with Gasteiger partial charge >= 0.3 is 0 Å². The van der Waals surface area contributed by atoms with Crippen LogP contribution in [0.5, 0.6) is 5.75 Å². The predicted octanol–water partition coefficient (Wildman–Crippen LogP) is 3.73. The molecule has 1 aromatic heterocycles. The molecule has 1 aliphatic carbocycles. The van der Waals surface area contributed by atoms with Gasteiger partial charge in [-0.25, -0.2) is 5.43 Å². The molecule has 23 heavy (non-hydrogen) atoms. The molecule has 0 saturated carbocycles. The van der Waals surface area contributed by atoms with Crippen molar-refractivity contribution in [1.29, 1.82) is 0 Å². The van der Waals surface area contributed by atoms with E-state index in [4.69, 9.17) is 0 Å². The molecule has 0 saturated heterocycles. The molecule has 3 rings (SSSR count). The third kappa shape index (κ3) is 3.62. The molecule has 1 aromatic carbocycles. The minimum absolute atomic E-state index is 0.157. The minimum Gasteiger partial charge on any atom is -0.508 e. The summed E-state index contributed by atoms with van der Waals surface area (Å²) in [6.07, 6.45) is 3.34. The summed E-state index contributed by atoms with van der Waals surface area (Å²) in [5, 5.41) is 13.5. The van der Waals surface area contributed by atoms with Crippen molar-refractivity contribution in [1.82, 2.24) is 5.43 Å². The normalized spacial score (nSPS) is 17.7. The van der Waals surface area contributed by atoms with Crippen LogP contribution in [0.1, 0.15) is 45.9 Å². The predicted molar refractivity (Wildman–Crippen MR) is 93.3 cm³/mol. The lowest BCUT2D eigenvalue weighted by Gasteiger charge is -2.16. The third-order valence-electron chi connectivity index (χ3n) is 4.16. The Morgan fingerprint density at radius 1 is 1.35 bits per heavy atom. The van der Waals surface area contributed by atoms with E-state index in [2.05, 4.69) is 17.5 Å². The molecule has 1 amide bonds. The zero-order valence-corrected chi connectivity index (χ0v) is 14.1. The van der Waals surface area contributed by atoms with Crippen LogP contribution in [-0.2, 0) is 12.8 Å². The SMILES string of the molecule is C/C(=N\NC(=O)c1cc2c(s1)CCC(C)C2)c1ccc(O)cc1. The summed E-state index contributed by atoms with van der Waals surface area (Å²) in [6, 6.07) is 8.75. The van der Waals surface area contributed by atoms with Crippen molar-refractivity contribution < 1.29 is 9.90 Å². The fourth-order valence-electron chi connectivity index (χ4n) is 2.77. The molecule has 120 valence electrons. The number of hydrogen-bond donors (Lipinski definition) is 2.